The number of pyridine rings is 1. The number of carbonyl (C=O) groups is 1. The van der Waals surface area contributed by atoms with Crippen LogP contribution in [0.3, 0.4) is 0 Å². The standard InChI is InChI=1S/C23H32F3NO2/c1-2-3-4-16-5-7-17(8-6-16)18-9-11-19(12-10-18)22(28)29-20-13-14-21(27-15-20)23(24,25)26/h13-19H,2-12H2,1H3/t16-,17-,18-,19-. The summed E-state index contributed by atoms with van der Waals surface area (Å²) in [6.45, 7) is 2.25. The third-order valence-corrected chi connectivity index (χ3v) is 6.87. The topological polar surface area (TPSA) is 39.2 Å². The summed E-state index contributed by atoms with van der Waals surface area (Å²) in [7, 11) is 0. The Morgan fingerprint density at radius 2 is 1.66 bits per heavy atom. The first-order valence-electron chi connectivity index (χ1n) is 11.1. The van der Waals surface area contributed by atoms with Gasteiger partial charge in [-0.15, -0.1) is 0 Å². The Hall–Kier alpha value is -1.59. The van der Waals surface area contributed by atoms with Crippen molar-refractivity contribution in [2.45, 2.75) is 83.7 Å². The van der Waals surface area contributed by atoms with Crippen LogP contribution in [0.5, 0.6) is 5.75 Å². The highest BCUT2D eigenvalue weighted by molar-refractivity contribution is 5.75. The van der Waals surface area contributed by atoms with Gasteiger partial charge in [-0.3, -0.25) is 4.79 Å². The van der Waals surface area contributed by atoms with E-state index < -0.39 is 11.9 Å². The Bertz CT molecular complexity index is 643. The molecule has 29 heavy (non-hydrogen) atoms. The average Bonchev–Trinajstić information content (AvgIpc) is 2.72. The van der Waals surface area contributed by atoms with Crippen LogP contribution in [0.1, 0.15) is 83.2 Å². The lowest BCUT2D eigenvalue weighted by Gasteiger charge is -2.37. The van der Waals surface area contributed by atoms with Gasteiger partial charge in [-0.2, -0.15) is 13.2 Å². The highest BCUT2D eigenvalue weighted by atomic mass is 19.4. The van der Waals surface area contributed by atoms with Crippen LogP contribution in [0.25, 0.3) is 0 Å². The number of aromatic nitrogens is 1. The lowest BCUT2D eigenvalue weighted by atomic mass is 9.68. The molecule has 0 N–H and O–H groups in total. The molecule has 0 atom stereocenters. The molecule has 2 aliphatic rings. The molecule has 3 rings (SSSR count). The van der Waals surface area contributed by atoms with Gasteiger partial charge in [-0.25, -0.2) is 4.98 Å². The van der Waals surface area contributed by atoms with Gasteiger partial charge in [-0.05, 0) is 68.4 Å². The number of esters is 1. The van der Waals surface area contributed by atoms with Crippen LogP contribution in [0, 0.1) is 23.7 Å². The van der Waals surface area contributed by atoms with Crippen molar-refractivity contribution >= 4 is 5.97 Å². The van der Waals surface area contributed by atoms with E-state index in [0.29, 0.717) is 5.92 Å². The van der Waals surface area contributed by atoms with E-state index in [1.807, 2.05) is 0 Å². The van der Waals surface area contributed by atoms with Crippen LogP contribution >= 0.6 is 0 Å². The van der Waals surface area contributed by atoms with Gasteiger partial charge in [0.25, 0.3) is 0 Å². The summed E-state index contributed by atoms with van der Waals surface area (Å²) in [6.07, 6.45) is 9.57. The maximum atomic E-state index is 12.6. The van der Waals surface area contributed by atoms with Gasteiger partial charge in [0.05, 0.1) is 12.1 Å². The van der Waals surface area contributed by atoms with Gasteiger partial charge >= 0.3 is 12.1 Å². The summed E-state index contributed by atoms with van der Waals surface area (Å²) in [6, 6.07) is 2.01. The van der Waals surface area contributed by atoms with Gasteiger partial charge in [0, 0.05) is 0 Å². The predicted octanol–water partition coefficient (Wildman–Crippen LogP) is 6.81. The third-order valence-electron chi connectivity index (χ3n) is 6.87. The van der Waals surface area contributed by atoms with Crippen molar-refractivity contribution in [3.8, 4) is 5.75 Å². The van der Waals surface area contributed by atoms with Crippen LogP contribution in [-0.2, 0) is 11.0 Å². The molecule has 1 aromatic rings. The van der Waals surface area contributed by atoms with Crippen molar-refractivity contribution in [2.75, 3.05) is 0 Å². The maximum Gasteiger partial charge on any atom is 0.433 e. The summed E-state index contributed by atoms with van der Waals surface area (Å²) in [5.74, 6) is 2.00. The number of unbranched alkanes of at least 4 members (excludes halogenated alkanes) is 1. The molecule has 2 saturated carbocycles. The smallest absolute Gasteiger partial charge is 0.425 e. The van der Waals surface area contributed by atoms with Crippen molar-refractivity contribution in [1.82, 2.24) is 4.98 Å². The molecule has 0 spiro atoms. The number of alkyl halides is 3. The molecule has 3 nitrogen and oxygen atoms in total. The molecule has 0 aromatic carbocycles. The summed E-state index contributed by atoms with van der Waals surface area (Å²) >= 11 is 0. The monoisotopic (exact) mass is 411 g/mol. The molecule has 2 fully saturated rings. The quantitative estimate of drug-likeness (QED) is 0.483. The van der Waals surface area contributed by atoms with Crippen LogP contribution in [0.2, 0.25) is 0 Å². The zero-order chi connectivity index (χ0) is 20.9. The van der Waals surface area contributed by atoms with Crippen molar-refractivity contribution in [2.24, 2.45) is 23.7 Å². The number of ether oxygens (including phenoxy) is 1. The van der Waals surface area contributed by atoms with Crippen molar-refractivity contribution in [3.05, 3.63) is 24.0 Å². The van der Waals surface area contributed by atoms with Crippen molar-refractivity contribution < 1.29 is 22.7 Å². The van der Waals surface area contributed by atoms with E-state index in [4.69, 9.17) is 4.74 Å². The lowest BCUT2D eigenvalue weighted by Crippen LogP contribution is -2.30. The number of carbonyl (C=O) groups excluding carboxylic acids is 1. The van der Waals surface area contributed by atoms with Gasteiger partial charge in [0.15, 0.2) is 0 Å². The first-order chi connectivity index (χ1) is 13.9. The Kier molecular flexibility index (Phi) is 7.58. The summed E-state index contributed by atoms with van der Waals surface area (Å²) in [4.78, 5) is 15.7. The summed E-state index contributed by atoms with van der Waals surface area (Å²) in [5.41, 5.74) is -0.984. The van der Waals surface area contributed by atoms with Crippen LogP contribution in [0.15, 0.2) is 18.3 Å². The van der Waals surface area contributed by atoms with E-state index in [-0.39, 0.29) is 17.6 Å². The number of nitrogens with zero attached hydrogens (tertiary/aromatic N) is 1. The fraction of sp³-hybridized carbons (Fsp3) is 0.739. The second-order valence-corrected chi connectivity index (χ2v) is 8.83. The van der Waals surface area contributed by atoms with E-state index in [2.05, 4.69) is 11.9 Å². The molecule has 162 valence electrons. The fourth-order valence-corrected chi connectivity index (χ4v) is 5.08. The van der Waals surface area contributed by atoms with E-state index in [1.165, 1.54) is 44.9 Å². The van der Waals surface area contributed by atoms with E-state index in [0.717, 1.165) is 55.8 Å². The largest absolute Gasteiger partial charge is 0.433 e. The molecular formula is C23H32F3NO2. The van der Waals surface area contributed by atoms with Crippen LogP contribution in [-0.4, -0.2) is 11.0 Å². The van der Waals surface area contributed by atoms with Gasteiger partial charge < -0.3 is 4.74 Å². The molecule has 1 heterocycles. The molecule has 6 heteroatoms. The fourth-order valence-electron chi connectivity index (χ4n) is 5.08. The molecule has 0 aliphatic heterocycles. The van der Waals surface area contributed by atoms with Crippen molar-refractivity contribution in [3.63, 3.8) is 0 Å². The average molecular weight is 412 g/mol. The Morgan fingerprint density at radius 1 is 1.03 bits per heavy atom. The zero-order valence-corrected chi connectivity index (χ0v) is 17.2. The highest BCUT2D eigenvalue weighted by Gasteiger charge is 2.34. The summed E-state index contributed by atoms with van der Waals surface area (Å²) < 4.78 is 43.0. The lowest BCUT2D eigenvalue weighted by molar-refractivity contribution is -0.141. The molecular weight excluding hydrogens is 379 g/mol. The Balaban J connectivity index is 1.42. The van der Waals surface area contributed by atoms with E-state index in [1.54, 1.807) is 0 Å². The Labute approximate surface area is 171 Å². The molecule has 0 radical (unpaired) electrons. The molecule has 0 saturated heterocycles. The second kappa shape index (κ2) is 9.94. The highest BCUT2D eigenvalue weighted by Crippen LogP contribution is 2.42. The van der Waals surface area contributed by atoms with Gasteiger partial charge in [-0.1, -0.05) is 39.0 Å². The zero-order valence-electron chi connectivity index (χ0n) is 17.2. The number of hydrogen-bond acceptors (Lipinski definition) is 3. The number of hydrogen-bond donors (Lipinski definition) is 0. The first kappa shape index (κ1) is 22.1. The number of rotatable bonds is 6. The van der Waals surface area contributed by atoms with Crippen LogP contribution < -0.4 is 4.74 Å². The normalized spacial score (nSPS) is 28.1. The molecule has 0 amide bonds. The second-order valence-electron chi connectivity index (χ2n) is 8.83. The Morgan fingerprint density at radius 3 is 2.17 bits per heavy atom. The SMILES string of the molecule is CCCC[C@H]1CC[C@H]([C@H]2CC[C@H](C(=O)Oc3ccc(C(F)(F)F)nc3)CC2)CC1. The maximum absolute atomic E-state index is 12.6. The van der Waals surface area contributed by atoms with E-state index in [9.17, 15) is 18.0 Å². The minimum Gasteiger partial charge on any atom is -0.425 e. The van der Waals surface area contributed by atoms with Gasteiger partial charge in [0.1, 0.15) is 11.4 Å². The predicted molar refractivity (Wildman–Crippen MR) is 105 cm³/mol. The molecule has 1 aromatic heterocycles. The van der Waals surface area contributed by atoms with Crippen molar-refractivity contribution in [1.29, 1.82) is 0 Å². The number of halogens is 3. The molecule has 2 aliphatic carbocycles. The van der Waals surface area contributed by atoms with Gasteiger partial charge in [0.2, 0.25) is 0 Å². The minimum atomic E-state index is -4.49. The summed E-state index contributed by atoms with van der Waals surface area (Å²) in [5, 5.41) is 0. The minimum absolute atomic E-state index is 0.0792. The third kappa shape index (κ3) is 6.19. The molecule has 0 unspecified atom stereocenters. The first-order valence-corrected chi connectivity index (χ1v) is 11.1. The molecule has 0 bridgehead atoms. The van der Waals surface area contributed by atoms with E-state index >= 15 is 0 Å². The van der Waals surface area contributed by atoms with Crippen LogP contribution in [0.4, 0.5) is 13.2 Å².